The van der Waals surface area contributed by atoms with E-state index in [2.05, 4.69) is 15.0 Å². The Morgan fingerprint density at radius 2 is 1.75 bits per heavy atom. The van der Waals surface area contributed by atoms with Crippen molar-refractivity contribution in [2.45, 2.75) is 10.9 Å². The largest absolute Gasteiger partial charge is 0.338 e. The van der Waals surface area contributed by atoms with Gasteiger partial charge in [-0.25, -0.2) is 22.5 Å². The van der Waals surface area contributed by atoms with E-state index in [0.717, 1.165) is 0 Å². The molecule has 0 saturated heterocycles. The molecule has 0 spiro atoms. The van der Waals surface area contributed by atoms with E-state index in [9.17, 15) is 17.6 Å². The summed E-state index contributed by atoms with van der Waals surface area (Å²) in [4.78, 5) is 17.1. The van der Waals surface area contributed by atoms with Crippen LogP contribution in [0.4, 0.5) is 4.39 Å². The Morgan fingerprint density at radius 1 is 1.11 bits per heavy atom. The number of carbonyl (C=O) groups excluding carboxylic acids is 1. The number of hydrogen-bond acceptors (Lipinski definition) is 4. The van der Waals surface area contributed by atoms with Gasteiger partial charge in [0.1, 0.15) is 17.7 Å². The topological polar surface area (TPSA) is 93.1 Å². The zero-order valence-corrected chi connectivity index (χ0v) is 16.1. The SMILES string of the molecule is CNS(=O)(=O)c1ccc(C(=O)N[C@H](c2ccc(F)cc2)c2nccn2C)cc1. The highest BCUT2D eigenvalue weighted by Crippen LogP contribution is 2.22. The Morgan fingerprint density at radius 3 is 2.29 bits per heavy atom. The van der Waals surface area contributed by atoms with Gasteiger partial charge in [0.25, 0.3) is 5.91 Å². The smallest absolute Gasteiger partial charge is 0.252 e. The van der Waals surface area contributed by atoms with E-state index >= 15 is 0 Å². The van der Waals surface area contributed by atoms with Gasteiger partial charge in [0.05, 0.1) is 4.90 Å². The average molecular weight is 402 g/mol. The van der Waals surface area contributed by atoms with E-state index in [1.165, 1.54) is 43.4 Å². The minimum Gasteiger partial charge on any atom is -0.338 e. The molecule has 1 atom stereocenters. The molecule has 7 nitrogen and oxygen atoms in total. The minimum absolute atomic E-state index is 0.0609. The van der Waals surface area contributed by atoms with Gasteiger partial charge in [-0.1, -0.05) is 12.1 Å². The number of aromatic nitrogens is 2. The van der Waals surface area contributed by atoms with Crippen molar-refractivity contribution in [3.63, 3.8) is 0 Å². The van der Waals surface area contributed by atoms with Crippen LogP contribution < -0.4 is 10.0 Å². The van der Waals surface area contributed by atoms with Gasteiger partial charge in [-0.2, -0.15) is 0 Å². The van der Waals surface area contributed by atoms with Crippen LogP contribution in [0, 0.1) is 5.82 Å². The molecule has 0 fully saturated rings. The minimum atomic E-state index is -3.58. The first-order valence-corrected chi connectivity index (χ1v) is 9.87. The van der Waals surface area contributed by atoms with Crippen molar-refractivity contribution >= 4 is 15.9 Å². The van der Waals surface area contributed by atoms with E-state index < -0.39 is 22.0 Å². The van der Waals surface area contributed by atoms with Gasteiger partial charge in [-0.3, -0.25) is 4.79 Å². The third kappa shape index (κ3) is 4.10. The highest BCUT2D eigenvalue weighted by Gasteiger charge is 2.22. The van der Waals surface area contributed by atoms with Gasteiger partial charge in [0, 0.05) is 25.0 Å². The van der Waals surface area contributed by atoms with Crippen LogP contribution in [0.2, 0.25) is 0 Å². The van der Waals surface area contributed by atoms with Crippen LogP contribution in [0.15, 0.2) is 65.8 Å². The summed E-state index contributed by atoms with van der Waals surface area (Å²) in [7, 11) is -0.473. The van der Waals surface area contributed by atoms with Crippen molar-refractivity contribution in [3.05, 3.63) is 83.7 Å². The van der Waals surface area contributed by atoms with E-state index in [0.29, 0.717) is 11.4 Å². The predicted molar refractivity (Wildman–Crippen MR) is 102 cm³/mol. The fourth-order valence-corrected chi connectivity index (χ4v) is 3.46. The molecule has 1 amide bonds. The maximum Gasteiger partial charge on any atom is 0.252 e. The fraction of sp³-hybridized carbons (Fsp3) is 0.158. The number of amides is 1. The lowest BCUT2D eigenvalue weighted by molar-refractivity contribution is 0.0941. The summed E-state index contributed by atoms with van der Waals surface area (Å²) in [6.07, 6.45) is 3.35. The van der Waals surface area contributed by atoms with E-state index in [1.807, 2.05) is 0 Å². The number of benzene rings is 2. The summed E-state index contributed by atoms with van der Waals surface area (Å²) in [6, 6.07) is 10.8. The summed E-state index contributed by atoms with van der Waals surface area (Å²) in [5.41, 5.74) is 0.954. The standard InChI is InChI=1S/C19H19FN4O3S/c1-21-28(26,27)16-9-5-14(6-10-16)19(25)23-17(18-22-11-12-24(18)2)13-3-7-15(20)8-4-13/h3-12,17,21H,1-2H3,(H,23,25)/t17-/m1/s1. The molecule has 1 heterocycles. The quantitative estimate of drug-likeness (QED) is 0.659. The summed E-state index contributed by atoms with van der Waals surface area (Å²) in [5, 5.41) is 2.87. The summed E-state index contributed by atoms with van der Waals surface area (Å²) < 4.78 is 40.9. The number of imidazole rings is 1. The molecule has 0 bridgehead atoms. The molecular weight excluding hydrogens is 383 g/mol. The van der Waals surface area contributed by atoms with Crippen LogP contribution in [0.5, 0.6) is 0 Å². The molecule has 0 saturated carbocycles. The monoisotopic (exact) mass is 402 g/mol. The molecule has 146 valence electrons. The van der Waals surface area contributed by atoms with Crippen molar-refractivity contribution in [2.75, 3.05) is 7.05 Å². The Balaban J connectivity index is 1.89. The van der Waals surface area contributed by atoms with Crippen molar-refractivity contribution in [3.8, 4) is 0 Å². The Bertz CT molecular complexity index is 1080. The van der Waals surface area contributed by atoms with E-state index in [-0.39, 0.29) is 16.3 Å². The van der Waals surface area contributed by atoms with Gasteiger partial charge < -0.3 is 9.88 Å². The molecule has 3 rings (SSSR count). The van der Waals surface area contributed by atoms with Crippen molar-refractivity contribution < 1.29 is 17.6 Å². The summed E-state index contributed by atoms with van der Waals surface area (Å²) in [5.74, 6) is -0.213. The van der Waals surface area contributed by atoms with Crippen molar-refractivity contribution in [1.29, 1.82) is 0 Å². The number of nitrogens with zero attached hydrogens (tertiary/aromatic N) is 2. The van der Waals surface area contributed by atoms with Gasteiger partial charge in [0.2, 0.25) is 10.0 Å². The van der Waals surface area contributed by atoms with Gasteiger partial charge in [-0.05, 0) is 49.0 Å². The summed E-state index contributed by atoms with van der Waals surface area (Å²) in [6.45, 7) is 0. The van der Waals surface area contributed by atoms with Crippen molar-refractivity contribution in [1.82, 2.24) is 19.6 Å². The van der Waals surface area contributed by atoms with E-state index in [1.54, 1.807) is 36.1 Å². The predicted octanol–water partition coefficient (Wildman–Crippen LogP) is 1.99. The number of halogens is 1. The zero-order valence-electron chi connectivity index (χ0n) is 15.3. The second kappa shape index (κ2) is 7.91. The molecule has 0 unspecified atom stereocenters. The number of hydrogen-bond donors (Lipinski definition) is 2. The molecule has 2 aromatic carbocycles. The lowest BCUT2D eigenvalue weighted by atomic mass is 10.1. The number of aryl methyl sites for hydroxylation is 1. The van der Waals surface area contributed by atoms with Crippen LogP contribution in [0.3, 0.4) is 0 Å². The maximum atomic E-state index is 13.3. The van der Waals surface area contributed by atoms with Crippen molar-refractivity contribution in [2.24, 2.45) is 7.05 Å². The Hall–Kier alpha value is -3.04. The number of rotatable bonds is 6. The normalized spacial score (nSPS) is 12.5. The van der Waals surface area contributed by atoms with Gasteiger partial charge in [0.15, 0.2) is 0 Å². The molecular formula is C19H19FN4O3S. The molecule has 9 heteroatoms. The molecule has 2 N–H and O–H groups in total. The molecule has 0 radical (unpaired) electrons. The second-order valence-corrected chi connectivity index (χ2v) is 7.97. The van der Waals surface area contributed by atoms with Crippen LogP contribution in [-0.4, -0.2) is 30.9 Å². The molecule has 28 heavy (non-hydrogen) atoms. The van der Waals surface area contributed by atoms with Crippen LogP contribution in [-0.2, 0) is 17.1 Å². The van der Waals surface area contributed by atoms with Crippen LogP contribution >= 0.6 is 0 Å². The zero-order chi connectivity index (χ0) is 20.3. The first kappa shape index (κ1) is 19.7. The third-order valence-corrected chi connectivity index (χ3v) is 5.72. The maximum absolute atomic E-state index is 13.3. The number of carbonyl (C=O) groups is 1. The van der Waals surface area contributed by atoms with Gasteiger partial charge >= 0.3 is 0 Å². The molecule has 3 aromatic rings. The average Bonchev–Trinajstić information content (AvgIpc) is 3.12. The first-order chi connectivity index (χ1) is 13.3. The number of sulfonamides is 1. The molecule has 1 aromatic heterocycles. The Kier molecular flexibility index (Phi) is 5.57. The third-order valence-electron chi connectivity index (χ3n) is 4.29. The van der Waals surface area contributed by atoms with Gasteiger partial charge in [-0.15, -0.1) is 0 Å². The van der Waals surface area contributed by atoms with E-state index in [4.69, 9.17) is 0 Å². The van der Waals surface area contributed by atoms with Crippen LogP contribution in [0.25, 0.3) is 0 Å². The summed E-state index contributed by atoms with van der Waals surface area (Å²) >= 11 is 0. The molecule has 0 aliphatic rings. The Labute approximate surface area is 162 Å². The lowest BCUT2D eigenvalue weighted by Crippen LogP contribution is -2.31. The molecule has 0 aliphatic carbocycles. The molecule has 0 aliphatic heterocycles. The first-order valence-electron chi connectivity index (χ1n) is 8.39. The lowest BCUT2D eigenvalue weighted by Gasteiger charge is -2.19. The second-order valence-electron chi connectivity index (χ2n) is 6.09. The fourth-order valence-electron chi connectivity index (χ4n) is 2.73. The highest BCUT2D eigenvalue weighted by molar-refractivity contribution is 7.89. The van der Waals surface area contributed by atoms with Crippen LogP contribution in [0.1, 0.15) is 27.8 Å². The number of nitrogens with one attached hydrogen (secondary N) is 2. The highest BCUT2D eigenvalue weighted by atomic mass is 32.2.